The Hall–Kier alpha value is -3.31. The number of hydrogen-bond acceptors (Lipinski definition) is 1. The lowest BCUT2D eigenvalue weighted by Gasteiger charge is -2.34. The molecular formula is C28H24F3N2+. The largest absolute Gasteiger partial charge is 0.416 e. The van der Waals surface area contributed by atoms with Crippen LogP contribution in [-0.4, -0.2) is 26.2 Å². The Morgan fingerprint density at radius 2 is 1.36 bits per heavy atom. The molecule has 5 heteroatoms. The predicted octanol–water partition coefficient (Wildman–Crippen LogP) is 5.51. The minimum Gasteiger partial charge on any atom is -0.360 e. The van der Waals surface area contributed by atoms with Crippen molar-refractivity contribution in [3.63, 3.8) is 0 Å². The molecule has 0 atom stereocenters. The lowest BCUT2D eigenvalue weighted by molar-refractivity contribution is -0.914. The SMILES string of the molecule is FC(F)(F)c1cccc(N2CC[NH+](Cc3ccc4ccc5cccc6ccc3c4c56)CC2)c1. The lowest BCUT2D eigenvalue weighted by Crippen LogP contribution is -3.13. The van der Waals surface area contributed by atoms with Crippen molar-refractivity contribution in [1.29, 1.82) is 0 Å². The Kier molecular flexibility index (Phi) is 4.70. The van der Waals surface area contributed by atoms with Gasteiger partial charge >= 0.3 is 6.18 Å². The molecule has 5 aromatic carbocycles. The second-order valence-electron chi connectivity index (χ2n) is 9.04. The summed E-state index contributed by atoms with van der Waals surface area (Å²) in [5, 5.41) is 7.78. The first-order chi connectivity index (χ1) is 16.0. The summed E-state index contributed by atoms with van der Waals surface area (Å²) in [6, 6.07) is 25.5. The maximum atomic E-state index is 13.1. The quantitative estimate of drug-likeness (QED) is 0.360. The average Bonchev–Trinajstić information content (AvgIpc) is 2.83. The molecule has 5 aromatic rings. The summed E-state index contributed by atoms with van der Waals surface area (Å²) in [5.41, 5.74) is 1.42. The van der Waals surface area contributed by atoms with Crippen LogP contribution < -0.4 is 9.80 Å². The van der Waals surface area contributed by atoms with Crippen LogP contribution in [-0.2, 0) is 12.7 Å². The molecule has 33 heavy (non-hydrogen) atoms. The first-order valence-corrected chi connectivity index (χ1v) is 11.4. The van der Waals surface area contributed by atoms with Crippen LogP contribution in [0.25, 0.3) is 32.3 Å². The fourth-order valence-corrected chi connectivity index (χ4v) is 5.36. The van der Waals surface area contributed by atoms with Crippen molar-refractivity contribution in [2.45, 2.75) is 12.7 Å². The van der Waals surface area contributed by atoms with E-state index in [4.69, 9.17) is 0 Å². The third kappa shape index (κ3) is 3.57. The zero-order valence-corrected chi connectivity index (χ0v) is 18.1. The molecule has 0 amide bonds. The van der Waals surface area contributed by atoms with Gasteiger partial charge in [0, 0.05) is 11.3 Å². The van der Waals surface area contributed by atoms with Crippen LogP contribution in [0.3, 0.4) is 0 Å². The molecule has 1 aliphatic rings. The molecule has 0 spiro atoms. The average molecular weight is 446 g/mol. The Morgan fingerprint density at radius 3 is 2.09 bits per heavy atom. The van der Waals surface area contributed by atoms with Gasteiger partial charge in [-0.25, -0.2) is 0 Å². The fourth-order valence-electron chi connectivity index (χ4n) is 5.36. The summed E-state index contributed by atoms with van der Waals surface area (Å²) in [4.78, 5) is 3.54. The number of alkyl halides is 3. The number of hydrogen-bond donors (Lipinski definition) is 1. The van der Waals surface area contributed by atoms with Gasteiger partial charge in [-0.1, -0.05) is 60.7 Å². The standard InChI is InChI=1S/C28H23F3N2/c29-28(30,31)23-5-2-6-24(17-23)33-15-13-32(14-16-33)18-22-10-9-21-8-7-19-3-1-4-20-11-12-25(22)27(21)26(19)20/h1-12,17H,13-16,18H2/p+1. The van der Waals surface area contributed by atoms with Crippen molar-refractivity contribution in [2.75, 3.05) is 31.1 Å². The van der Waals surface area contributed by atoms with Crippen molar-refractivity contribution in [3.8, 4) is 0 Å². The van der Waals surface area contributed by atoms with Gasteiger partial charge in [0.25, 0.3) is 0 Å². The van der Waals surface area contributed by atoms with Crippen LogP contribution in [0.2, 0.25) is 0 Å². The number of rotatable bonds is 3. The molecule has 0 saturated carbocycles. The van der Waals surface area contributed by atoms with E-state index in [9.17, 15) is 13.2 Å². The molecule has 166 valence electrons. The zero-order valence-electron chi connectivity index (χ0n) is 18.1. The summed E-state index contributed by atoms with van der Waals surface area (Å²) in [6.45, 7) is 4.23. The molecular weight excluding hydrogens is 421 g/mol. The van der Waals surface area contributed by atoms with Gasteiger partial charge in [0.15, 0.2) is 0 Å². The molecule has 0 aliphatic carbocycles. The van der Waals surface area contributed by atoms with Gasteiger partial charge in [0.2, 0.25) is 0 Å². The molecule has 0 aromatic heterocycles. The zero-order chi connectivity index (χ0) is 22.6. The topological polar surface area (TPSA) is 7.68 Å². The highest BCUT2D eigenvalue weighted by Gasteiger charge is 2.31. The summed E-state index contributed by atoms with van der Waals surface area (Å²) < 4.78 is 39.3. The van der Waals surface area contributed by atoms with Gasteiger partial charge < -0.3 is 9.80 Å². The smallest absolute Gasteiger partial charge is 0.360 e. The Balaban J connectivity index is 1.25. The Morgan fingerprint density at radius 1 is 0.727 bits per heavy atom. The summed E-state index contributed by atoms with van der Waals surface area (Å²) in [7, 11) is 0. The third-order valence-electron chi connectivity index (χ3n) is 7.07. The van der Waals surface area contributed by atoms with E-state index in [1.807, 2.05) is 0 Å². The van der Waals surface area contributed by atoms with Crippen LogP contribution in [0.1, 0.15) is 11.1 Å². The monoisotopic (exact) mass is 445 g/mol. The number of halogens is 3. The van der Waals surface area contributed by atoms with Crippen molar-refractivity contribution >= 4 is 38.0 Å². The molecule has 2 nitrogen and oxygen atoms in total. The number of quaternary nitrogens is 1. The minimum atomic E-state index is -4.31. The van der Waals surface area contributed by atoms with E-state index in [0.717, 1.165) is 38.8 Å². The van der Waals surface area contributed by atoms with Gasteiger partial charge in [-0.2, -0.15) is 13.2 Å². The van der Waals surface area contributed by atoms with Crippen molar-refractivity contribution < 1.29 is 18.1 Å². The molecule has 0 bridgehead atoms. The number of anilines is 1. The van der Waals surface area contributed by atoms with Crippen LogP contribution in [0, 0.1) is 0 Å². The molecule has 1 heterocycles. The molecule has 6 rings (SSSR count). The van der Waals surface area contributed by atoms with Crippen LogP contribution in [0.15, 0.2) is 78.9 Å². The summed E-state index contributed by atoms with van der Waals surface area (Å²) in [5.74, 6) is 0. The minimum absolute atomic E-state index is 0.580. The van der Waals surface area contributed by atoms with E-state index >= 15 is 0 Å². The number of benzene rings is 5. The fraction of sp³-hybridized carbons (Fsp3) is 0.214. The number of piperazine rings is 1. The number of nitrogens with one attached hydrogen (secondary N) is 1. The Labute approximate surface area is 190 Å². The molecule has 1 fully saturated rings. The molecule has 1 saturated heterocycles. The van der Waals surface area contributed by atoms with E-state index in [0.29, 0.717) is 5.69 Å². The van der Waals surface area contributed by atoms with Crippen LogP contribution in [0.5, 0.6) is 0 Å². The highest BCUT2D eigenvalue weighted by Crippen LogP contribution is 2.36. The van der Waals surface area contributed by atoms with Gasteiger partial charge in [-0.15, -0.1) is 0 Å². The van der Waals surface area contributed by atoms with Crippen molar-refractivity contribution in [2.24, 2.45) is 0 Å². The van der Waals surface area contributed by atoms with E-state index < -0.39 is 11.7 Å². The van der Waals surface area contributed by atoms with E-state index in [2.05, 4.69) is 59.5 Å². The molecule has 0 unspecified atom stereocenters. The normalized spacial score (nSPS) is 15.8. The lowest BCUT2D eigenvalue weighted by atomic mass is 9.92. The first kappa shape index (κ1) is 20.3. The number of nitrogens with zero attached hydrogens (tertiary/aromatic N) is 1. The maximum Gasteiger partial charge on any atom is 0.416 e. The van der Waals surface area contributed by atoms with Gasteiger partial charge in [-0.3, -0.25) is 0 Å². The van der Waals surface area contributed by atoms with Crippen molar-refractivity contribution in [1.82, 2.24) is 0 Å². The van der Waals surface area contributed by atoms with E-state index in [-0.39, 0.29) is 0 Å². The van der Waals surface area contributed by atoms with Gasteiger partial charge in [-0.05, 0) is 50.5 Å². The van der Waals surface area contributed by atoms with E-state index in [1.54, 1.807) is 6.07 Å². The maximum absolute atomic E-state index is 13.1. The van der Waals surface area contributed by atoms with Crippen LogP contribution >= 0.6 is 0 Å². The van der Waals surface area contributed by atoms with Crippen LogP contribution in [0.4, 0.5) is 18.9 Å². The van der Waals surface area contributed by atoms with E-state index in [1.165, 1.54) is 54.9 Å². The summed E-state index contributed by atoms with van der Waals surface area (Å²) >= 11 is 0. The molecule has 0 radical (unpaired) electrons. The Bertz CT molecular complexity index is 1430. The highest BCUT2D eigenvalue weighted by molar-refractivity contribution is 6.23. The summed E-state index contributed by atoms with van der Waals surface area (Å²) in [6.07, 6.45) is -4.31. The third-order valence-corrected chi connectivity index (χ3v) is 7.07. The first-order valence-electron chi connectivity index (χ1n) is 11.4. The second-order valence-corrected chi connectivity index (χ2v) is 9.04. The van der Waals surface area contributed by atoms with Gasteiger partial charge in [0.1, 0.15) is 6.54 Å². The second kappa shape index (κ2) is 7.63. The highest BCUT2D eigenvalue weighted by atomic mass is 19.4. The van der Waals surface area contributed by atoms with Gasteiger partial charge in [0.05, 0.1) is 31.7 Å². The predicted molar refractivity (Wildman–Crippen MR) is 128 cm³/mol. The molecule has 1 N–H and O–H groups in total. The molecule has 1 aliphatic heterocycles. The van der Waals surface area contributed by atoms with Crippen molar-refractivity contribution in [3.05, 3.63) is 90.0 Å².